The van der Waals surface area contributed by atoms with Crippen molar-refractivity contribution in [1.82, 2.24) is 85.1 Å². The van der Waals surface area contributed by atoms with Crippen LogP contribution in [0.2, 0.25) is 0 Å². The minimum atomic E-state index is -1.73. The van der Waals surface area contributed by atoms with Crippen molar-refractivity contribution in [3.05, 3.63) is 71.4 Å². The van der Waals surface area contributed by atoms with Gasteiger partial charge in [0.1, 0.15) is 60.9 Å². The molecule has 0 saturated heterocycles. The Balaban J connectivity index is 1.57. The third-order valence-corrected chi connectivity index (χ3v) is 21.2. The van der Waals surface area contributed by atoms with Crippen LogP contribution in [0.5, 0.6) is 0 Å². The number of rotatable bonds is 62. The molecule has 42 N–H and O–H groups in total. The normalized spacial score (nSPS) is 13.8. The molecule has 696 valence electrons. The van der Waals surface area contributed by atoms with Crippen LogP contribution in [0.3, 0.4) is 0 Å². The molecule has 0 unspecified atom stereocenters. The lowest BCUT2D eigenvalue weighted by Gasteiger charge is -2.28. The van der Waals surface area contributed by atoms with Crippen LogP contribution < -0.4 is 152 Å². The van der Waals surface area contributed by atoms with E-state index in [1.165, 1.54) is 4.90 Å². The largest absolute Gasteiger partial charge is 0.370 e. The van der Waals surface area contributed by atoms with Gasteiger partial charge in [-0.3, -0.25) is 90.0 Å². The van der Waals surface area contributed by atoms with Crippen molar-refractivity contribution in [2.45, 2.75) is 220 Å². The molecule has 2 heterocycles. The highest BCUT2D eigenvalue weighted by Crippen LogP contribution is 2.45. The van der Waals surface area contributed by atoms with Gasteiger partial charge in [0.15, 0.2) is 42.0 Å². The fourth-order valence-corrected chi connectivity index (χ4v) is 14.4. The number of guanidine groups is 6. The van der Waals surface area contributed by atoms with Gasteiger partial charge in [-0.1, -0.05) is 36.0 Å². The lowest BCUT2D eigenvalue weighted by atomic mass is 10.0. The van der Waals surface area contributed by atoms with Crippen LogP contribution in [-0.4, -0.2) is 227 Å². The molecule has 0 spiro atoms. The molecule has 0 aliphatic carbocycles. The first kappa shape index (κ1) is 105. The Labute approximate surface area is 736 Å². The highest BCUT2D eigenvalue weighted by molar-refractivity contribution is 8.03. The van der Waals surface area contributed by atoms with Gasteiger partial charge in [-0.05, 0) is 178 Å². The summed E-state index contributed by atoms with van der Waals surface area (Å²) in [5, 5.41) is 90.0. The molecule has 12 amide bonds. The van der Waals surface area contributed by atoms with E-state index < -0.39 is 168 Å². The van der Waals surface area contributed by atoms with Gasteiger partial charge < -0.3 is 147 Å². The van der Waals surface area contributed by atoms with Crippen LogP contribution in [0, 0.1) is 32.5 Å². The molecular weight excluding hydrogens is 1650 g/mol. The zero-order valence-corrected chi connectivity index (χ0v) is 72.4. The number of hydrogen-bond donors (Lipinski definition) is 32. The number of carbonyl (C=O) groups excluding carboxylic acids is 12. The molecule has 0 fully saturated rings. The fourth-order valence-electron chi connectivity index (χ4n) is 13.3. The number of carbonyl (C=O) groups is 12. The van der Waals surface area contributed by atoms with Crippen molar-refractivity contribution in [1.29, 1.82) is 32.5 Å². The second kappa shape index (κ2) is 58.1. The Hall–Kier alpha value is -13.1. The fraction of sp³-hybridized carbons (Fsp3) is 0.557. The molecule has 47 heteroatoms. The number of benzene rings is 2. The van der Waals surface area contributed by atoms with Crippen LogP contribution >= 0.6 is 11.8 Å². The molecule has 3 aromatic rings. The van der Waals surface area contributed by atoms with Gasteiger partial charge in [0.25, 0.3) is 0 Å². The first-order valence-electron chi connectivity index (χ1n) is 42.2. The lowest BCUT2D eigenvalue weighted by Crippen LogP contribution is -2.60. The quantitative estimate of drug-likeness (QED) is 0.0108. The number of nitrogens with zero attached hydrogens (tertiary/aromatic N) is 2. The summed E-state index contributed by atoms with van der Waals surface area (Å²) < 4.78 is 2.19. The summed E-state index contributed by atoms with van der Waals surface area (Å²) in [7, 11) is 2.06. The second-order valence-corrected chi connectivity index (χ2v) is 31.2. The third-order valence-electron chi connectivity index (χ3n) is 20.0. The Kier molecular flexibility index (Phi) is 48.6. The first-order chi connectivity index (χ1) is 60.1. The van der Waals surface area contributed by atoms with E-state index in [9.17, 15) is 57.5 Å². The van der Waals surface area contributed by atoms with Crippen molar-refractivity contribution in [3.8, 4) is 0 Å². The number of nitrogens with one attached hydrogen (secondary N) is 22. The summed E-state index contributed by atoms with van der Waals surface area (Å²) in [5.74, 6) is -13.0. The molecule has 0 bridgehead atoms. The highest BCUT2D eigenvalue weighted by atomic mass is 32.2. The monoisotopic (exact) mass is 1780 g/mol. The van der Waals surface area contributed by atoms with E-state index in [0.717, 1.165) is 33.6 Å². The number of unbranched alkanes of at least 4 members (excludes halogenated alkanes) is 4. The van der Waals surface area contributed by atoms with Crippen LogP contribution in [0.15, 0.2) is 70.7 Å². The SMILES string of the molecule is CN1/C(=C\c2cc[n+](CCCCCC(=O)NCC(=O)N[C@H](CCCNC(=N)N)C(=O)N[C@H](CCCCN)C(=O)N[C@H](CCCCN)C(=O)N[C@H](CCCNC(=N)N)C(=O)N[C@H](CCCNC(=N)N)C(=O)N[C@H](CCC(N)=O)C(=O)N[C@H](CCCNC(=N)N)C(=O)N[C@H](CCCNC(=N)N)C(=O)N[C@@H](CCCNC(=N)N)C(N)=O)c3ccccc23)Sc2ccccc21. The van der Waals surface area contributed by atoms with E-state index in [4.69, 9.17) is 89.8 Å². The number of pyridine rings is 1. The highest BCUT2D eigenvalue weighted by Gasteiger charge is 2.37. The summed E-state index contributed by atoms with van der Waals surface area (Å²) in [5.41, 5.74) is 59.4. The number of para-hydroxylation sites is 2. The average Bonchev–Trinajstić information content (AvgIpc) is 1.58. The molecule has 2 aromatic carbocycles. The zero-order chi connectivity index (χ0) is 93.0. The average molecular weight is 1780 g/mol. The number of nitrogens with two attached hydrogens (primary N) is 10. The second-order valence-electron chi connectivity index (χ2n) is 30.2. The van der Waals surface area contributed by atoms with Crippen LogP contribution in [0.1, 0.15) is 160 Å². The molecule has 9 atom stereocenters. The summed E-state index contributed by atoms with van der Waals surface area (Å²) in [6, 6.07) is 5.19. The van der Waals surface area contributed by atoms with E-state index in [-0.39, 0.29) is 173 Å². The van der Waals surface area contributed by atoms with E-state index in [2.05, 4.69) is 144 Å². The summed E-state index contributed by atoms with van der Waals surface area (Å²) in [6.07, 6.45) is 6.04. The third kappa shape index (κ3) is 41.4. The van der Waals surface area contributed by atoms with Crippen molar-refractivity contribution in [3.63, 3.8) is 0 Å². The van der Waals surface area contributed by atoms with Gasteiger partial charge in [-0.15, -0.1) is 0 Å². The molecule has 1 aliphatic heterocycles. The Morgan fingerprint density at radius 2 is 0.714 bits per heavy atom. The molecule has 1 aromatic heterocycles. The Bertz CT molecular complexity index is 4220. The number of aryl methyl sites for hydroxylation is 1. The van der Waals surface area contributed by atoms with Gasteiger partial charge in [0.05, 0.1) is 22.6 Å². The number of amides is 12. The number of hydrogen-bond acceptors (Lipinski definition) is 22. The molecule has 126 heavy (non-hydrogen) atoms. The van der Waals surface area contributed by atoms with Gasteiger partial charge in [0.2, 0.25) is 76.4 Å². The van der Waals surface area contributed by atoms with Gasteiger partial charge >= 0.3 is 0 Å². The smallest absolute Gasteiger partial charge is 0.243 e. The number of anilines is 1. The van der Waals surface area contributed by atoms with Crippen LogP contribution in [-0.2, 0) is 64.1 Å². The van der Waals surface area contributed by atoms with Crippen molar-refractivity contribution < 1.29 is 62.1 Å². The molecule has 0 saturated carbocycles. The lowest BCUT2D eigenvalue weighted by molar-refractivity contribution is -0.671. The topological polar surface area (TPSA) is 808 Å². The summed E-state index contributed by atoms with van der Waals surface area (Å²) in [4.78, 5) is 173. The van der Waals surface area contributed by atoms with E-state index in [1.54, 1.807) is 11.8 Å². The number of aromatic nitrogens is 1. The maximum Gasteiger partial charge on any atom is 0.243 e. The standard InChI is InChI=1S/C79H132N34O12S/c1-112-59-29-6-7-30-60(59)126-64(112)45-47-34-44-113(58-28-5-4-19-48(47)58)43-12-2-3-31-62(115)102-46-63(116)103-50(23-14-38-97-75(86)87)66(118)105-51(20-8-10-35-80)68(120)106-52(21-9-11-36-81)69(121)108-54(25-16-40-99-77(90)91)70(122)109-56(27-18-42-101-79(94)95)72(124)111-57(32-33-61(82)114)73(125)110-55(26-17-41-100-78(92)93)71(123)107-53(24-15-39-98-76(88)89)67(119)104-49(65(83)117)22-13-37-96-74(84)85/h4-7,19,28-30,34,44-45,49-57H,2-3,8-18,20-27,31-33,35-43,46,80-81H2,1H3,(H37-,82,83,84,85,86,87,88,89,90,91,92,93,94,95,96,97,98,99,100,101,102,103,104,105,106,107,108,109,110,111,114,115,116,117,118,119,120,121,122,123,124,125)/p+1/t49-,50+,51+,52+,53+,54+,55+,56+,57+/m0/s1. The maximum atomic E-state index is 14.9. The number of fused-ring (bicyclic) bond motifs is 2. The van der Waals surface area contributed by atoms with Crippen molar-refractivity contribution >= 4 is 141 Å². The molecule has 1 aliphatic rings. The minimum Gasteiger partial charge on any atom is -0.370 e. The van der Waals surface area contributed by atoms with Crippen LogP contribution in [0.4, 0.5) is 5.69 Å². The Morgan fingerprint density at radius 1 is 0.373 bits per heavy atom. The summed E-state index contributed by atoms with van der Waals surface area (Å²) >= 11 is 1.72. The van der Waals surface area contributed by atoms with E-state index in [1.807, 2.05) is 24.3 Å². The van der Waals surface area contributed by atoms with Crippen molar-refractivity contribution in [2.75, 3.05) is 70.9 Å². The molecule has 4 rings (SSSR count). The molecule has 0 radical (unpaired) electrons. The van der Waals surface area contributed by atoms with Gasteiger partial charge in [-0.2, -0.15) is 4.57 Å². The van der Waals surface area contributed by atoms with E-state index >= 15 is 0 Å². The first-order valence-corrected chi connectivity index (χ1v) is 43.0. The van der Waals surface area contributed by atoms with Gasteiger partial charge in [-0.25, -0.2) is 0 Å². The van der Waals surface area contributed by atoms with Gasteiger partial charge in [0, 0.05) is 82.6 Å². The number of thioether (sulfide) groups is 1. The maximum absolute atomic E-state index is 14.9. The van der Waals surface area contributed by atoms with E-state index in [0.29, 0.717) is 32.2 Å². The zero-order valence-electron chi connectivity index (χ0n) is 71.6. The molecular formula is C79H133N34O12S+. The predicted octanol–water partition coefficient (Wildman–Crippen LogP) is -5.70. The Morgan fingerprint density at radius 3 is 1.08 bits per heavy atom. The predicted molar refractivity (Wildman–Crippen MR) is 480 cm³/mol. The molecule has 46 nitrogen and oxygen atoms in total. The van der Waals surface area contributed by atoms with Crippen LogP contribution in [0.25, 0.3) is 17.0 Å². The minimum absolute atomic E-state index is 0.00545. The summed E-state index contributed by atoms with van der Waals surface area (Å²) in [6.45, 7) is 0.755. The van der Waals surface area contributed by atoms with Crippen molar-refractivity contribution in [2.24, 2.45) is 57.3 Å². The number of primary amides is 2.